The number of nitriles is 1. The standard InChI is InChI=1S/C17H18N4O/c1-12-14(6-5-8-19-12)15-10-13(11-18)17(22)21(4)16(15)7-9-20(2)3/h5-10H,1-4H3/b9-7+. The molecule has 2 aromatic rings. The first kappa shape index (κ1) is 15.5. The van der Waals surface area contributed by atoms with Crippen LogP contribution < -0.4 is 5.56 Å². The van der Waals surface area contributed by atoms with Gasteiger partial charge in [-0.25, -0.2) is 0 Å². The highest BCUT2D eigenvalue weighted by atomic mass is 16.1. The van der Waals surface area contributed by atoms with E-state index in [1.807, 2.05) is 56.4 Å². The molecule has 0 aliphatic heterocycles. The van der Waals surface area contributed by atoms with Crippen LogP contribution in [0.1, 0.15) is 17.0 Å². The molecule has 0 unspecified atom stereocenters. The van der Waals surface area contributed by atoms with Crippen molar-refractivity contribution in [2.75, 3.05) is 14.1 Å². The molecule has 5 nitrogen and oxygen atoms in total. The molecule has 5 heteroatoms. The van der Waals surface area contributed by atoms with Crippen LogP contribution in [0.5, 0.6) is 0 Å². The quantitative estimate of drug-likeness (QED) is 0.870. The Balaban J connectivity index is 2.82. The monoisotopic (exact) mass is 294 g/mol. The maximum Gasteiger partial charge on any atom is 0.268 e. The molecule has 0 N–H and O–H groups in total. The highest BCUT2D eigenvalue weighted by Crippen LogP contribution is 2.26. The van der Waals surface area contributed by atoms with Crippen molar-refractivity contribution in [1.82, 2.24) is 14.5 Å². The van der Waals surface area contributed by atoms with Crippen molar-refractivity contribution in [2.45, 2.75) is 6.92 Å². The first-order valence-corrected chi connectivity index (χ1v) is 6.86. The Hall–Kier alpha value is -2.87. The van der Waals surface area contributed by atoms with Crippen LogP contribution >= 0.6 is 0 Å². The minimum Gasteiger partial charge on any atom is -0.383 e. The van der Waals surface area contributed by atoms with Crippen molar-refractivity contribution in [3.63, 3.8) is 0 Å². The summed E-state index contributed by atoms with van der Waals surface area (Å²) in [6, 6.07) is 7.40. The highest BCUT2D eigenvalue weighted by molar-refractivity contribution is 5.75. The second kappa shape index (κ2) is 6.27. The van der Waals surface area contributed by atoms with E-state index in [4.69, 9.17) is 0 Å². The van der Waals surface area contributed by atoms with E-state index in [1.165, 1.54) is 4.57 Å². The van der Waals surface area contributed by atoms with Gasteiger partial charge in [0.05, 0.1) is 5.69 Å². The van der Waals surface area contributed by atoms with Crippen LogP contribution in [0, 0.1) is 18.3 Å². The fourth-order valence-electron chi connectivity index (χ4n) is 2.24. The third kappa shape index (κ3) is 2.91. The van der Waals surface area contributed by atoms with E-state index in [1.54, 1.807) is 19.3 Å². The average Bonchev–Trinajstić information content (AvgIpc) is 2.49. The molecule has 0 radical (unpaired) electrons. The van der Waals surface area contributed by atoms with Gasteiger partial charge in [0.2, 0.25) is 0 Å². The lowest BCUT2D eigenvalue weighted by Crippen LogP contribution is -2.22. The maximum absolute atomic E-state index is 12.2. The Morgan fingerprint density at radius 3 is 2.68 bits per heavy atom. The summed E-state index contributed by atoms with van der Waals surface area (Å²) in [6.07, 6.45) is 5.46. The Bertz CT molecular complexity index is 826. The molecule has 0 spiro atoms. The van der Waals surface area contributed by atoms with Gasteiger partial charge in [-0.15, -0.1) is 0 Å². The van der Waals surface area contributed by atoms with Crippen LogP contribution in [-0.4, -0.2) is 28.5 Å². The third-order valence-electron chi connectivity index (χ3n) is 3.41. The van der Waals surface area contributed by atoms with Gasteiger partial charge < -0.3 is 9.47 Å². The van der Waals surface area contributed by atoms with Crippen molar-refractivity contribution < 1.29 is 0 Å². The predicted octanol–water partition coefficient (Wildman–Crippen LogP) is 2.16. The van der Waals surface area contributed by atoms with Gasteiger partial charge in [-0.1, -0.05) is 6.07 Å². The molecule has 112 valence electrons. The van der Waals surface area contributed by atoms with E-state index in [0.29, 0.717) is 0 Å². The van der Waals surface area contributed by atoms with Crippen LogP contribution in [0.25, 0.3) is 17.2 Å². The summed E-state index contributed by atoms with van der Waals surface area (Å²) in [7, 11) is 5.49. The highest BCUT2D eigenvalue weighted by Gasteiger charge is 2.14. The van der Waals surface area contributed by atoms with E-state index in [2.05, 4.69) is 4.98 Å². The van der Waals surface area contributed by atoms with Crippen LogP contribution in [0.2, 0.25) is 0 Å². The van der Waals surface area contributed by atoms with Gasteiger partial charge in [-0.3, -0.25) is 9.78 Å². The summed E-state index contributed by atoms with van der Waals surface area (Å²) in [6.45, 7) is 1.91. The summed E-state index contributed by atoms with van der Waals surface area (Å²) >= 11 is 0. The lowest BCUT2D eigenvalue weighted by atomic mass is 10.0. The number of aromatic nitrogens is 2. The lowest BCUT2D eigenvalue weighted by molar-refractivity contribution is 0.567. The zero-order valence-corrected chi connectivity index (χ0v) is 13.2. The molecular formula is C17H18N4O. The van der Waals surface area contributed by atoms with E-state index in [9.17, 15) is 10.1 Å². The van der Waals surface area contributed by atoms with Crippen molar-refractivity contribution in [3.05, 3.63) is 57.9 Å². The molecule has 0 aliphatic rings. The topological polar surface area (TPSA) is 61.9 Å². The number of aryl methyl sites for hydroxylation is 1. The largest absolute Gasteiger partial charge is 0.383 e. The van der Waals surface area contributed by atoms with Crippen molar-refractivity contribution in [2.24, 2.45) is 7.05 Å². The molecule has 2 rings (SSSR count). The van der Waals surface area contributed by atoms with Crippen molar-refractivity contribution >= 4 is 6.08 Å². The van der Waals surface area contributed by atoms with Crippen LogP contribution in [0.3, 0.4) is 0 Å². The number of pyridine rings is 2. The summed E-state index contributed by atoms with van der Waals surface area (Å²) < 4.78 is 1.50. The Labute approximate surface area is 129 Å². The molecular weight excluding hydrogens is 276 g/mol. The lowest BCUT2D eigenvalue weighted by Gasteiger charge is -2.14. The van der Waals surface area contributed by atoms with Gasteiger partial charge >= 0.3 is 0 Å². The van der Waals surface area contributed by atoms with Gasteiger partial charge in [-0.2, -0.15) is 5.26 Å². The second-order valence-electron chi connectivity index (χ2n) is 5.25. The van der Waals surface area contributed by atoms with Crippen LogP contribution in [0.4, 0.5) is 0 Å². The van der Waals surface area contributed by atoms with E-state index in [0.717, 1.165) is 22.5 Å². The minimum atomic E-state index is -0.300. The second-order valence-corrected chi connectivity index (χ2v) is 5.25. The van der Waals surface area contributed by atoms with Crippen molar-refractivity contribution in [1.29, 1.82) is 5.26 Å². The van der Waals surface area contributed by atoms with Gasteiger partial charge in [0, 0.05) is 50.4 Å². The summed E-state index contributed by atoms with van der Waals surface area (Å²) in [4.78, 5) is 18.4. The number of rotatable bonds is 3. The molecule has 0 saturated carbocycles. The minimum absolute atomic E-state index is 0.128. The molecule has 0 saturated heterocycles. The Morgan fingerprint density at radius 2 is 2.09 bits per heavy atom. The van der Waals surface area contributed by atoms with E-state index >= 15 is 0 Å². The van der Waals surface area contributed by atoms with Gasteiger partial charge in [0.25, 0.3) is 5.56 Å². The first-order chi connectivity index (χ1) is 10.5. The summed E-state index contributed by atoms with van der Waals surface area (Å²) in [5.74, 6) is 0. The third-order valence-corrected chi connectivity index (χ3v) is 3.41. The molecule has 2 aromatic heterocycles. The number of hydrogen-bond donors (Lipinski definition) is 0. The van der Waals surface area contributed by atoms with Gasteiger partial charge in [0.1, 0.15) is 11.6 Å². The van der Waals surface area contributed by atoms with Crippen LogP contribution in [0.15, 0.2) is 35.4 Å². The number of hydrogen-bond acceptors (Lipinski definition) is 4. The van der Waals surface area contributed by atoms with E-state index < -0.39 is 0 Å². The SMILES string of the molecule is Cc1ncccc1-c1cc(C#N)c(=O)n(C)c1/C=C/N(C)C. The normalized spacial score (nSPS) is 10.7. The van der Waals surface area contributed by atoms with Crippen molar-refractivity contribution in [3.8, 4) is 17.2 Å². The molecule has 0 aromatic carbocycles. The Kier molecular flexibility index (Phi) is 4.42. The van der Waals surface area contributed by atoms with Crippen LogP contribution in [-0.2, 0) is 7.05 Å². The molecule has 0 atom stereocenters. The first-order valence-electron chi connectivity index (χ1n) is 6.86. The maximum atomic E-state index is 12.2. The molecule has 0 aliphatic carbocycles. The van der Waals surface area contributed by atoms with Gasteiger partial charge in [0.15, 0.2) is 0 Å². The fraction of sp³-hybridized carbons (Fsp3) is 0.235. The predicted molar refractivity (Wildman–Crippen MR) is 87.1 cm³/mol. The Morgan fingerprint density at radius 1 is 1.36 bits per heavy atom. The molecule has 22 heavy (non-hydrogen) atoms. The summed E-state index contributed by atoms with van der Waals surface area (Å²) in [5, 5.41) is 9.19. The fourth-order valence-corrected chi connectivity index (χ4v) is 2.24. The zero-order valence-electron chi connectivity index (χ0n) is 13.2. The average molecular weight is 294 g/mol. The summed E-state index contributed by atoms with van der Waals surface area (Å²) in [5.41, 5.74) is 3.16. The molecule has 2 heterocycles. The van der Waals surface area contributed by atoms with E-state index in [-0.39, 0.29) is 11.1 Å². The van der Waals surface area contributed by atoms with Gasteiger partial charge in [-0.05, 0) is 25.1 Å². The molecule has 0 fully saturated rings. The zero-order chi connectivity index (χ0) is 16.3. The molecule has 0 amide bonds. The number of nitrogens with zero attached hydrogens (tertiary/aromatic N) is 4. The molecule has 0 bridgehead atoms. The smallest absolute Gasteiger partial charge is 0.268 e.